The number of aliphatic imine (C=N–C) groups is 1. The predicted octanol–water partition coefficient (Wildman–Crippen LogP) is 3.74. The van der Waals surface area contributed by atoms with E-state index in [-0.39, 0.29) is 11.8 Å². The smallest absolute Gasteiger partial charge is 0.222 e. The minimum atomic E-state index is 0.133. The van der Waals surface area contributed by atoms with Crippen molar-refractivity contribution in [2.24, 2.45) is 16.6 Å². The van der Waals surface area contributed by atoms with E-state index in [0.29, 0.717) is 5.92 Å². The van der Waals surface area contributed by atoms with Crippen LogP contribution in [0.5, 0.6) is 0 Å². The highest BCUT2D eigenvalue weighted by molar-refractivity contribution is 6.13. The highest BCUT2D eigenvalue weighted by Crippen LogP contribution is 2.40. The zero-order chi connectivity index (χ0) is 20.4. The first-order valence-corrected chi connectivity index (χ1v) is 10.1. The number of nitrogens with zero attached hydrogens (tertiary/aromatic N) is 2. The Balaban J connectivity index is 1.76. The molecule has 6 heteroatoms. The van der Waals surface area contributed by atoms with Crippen molar-refractivity contribution < 1.29 is 4.79 Å². The molecule has 0 aliphatic heterocycles. The van der Waals surface area contributed by atoms with Crippen molar-refractivity contribution in [2.45, 2.75) is 31.6 Å². The van der Waals surface area contributed by atoms with Crippen molar-refractivity contribution in [3.05, 3.63) is 47.9 Å². The van der Waals surface area contributed by atoms with E-state index in [2.05, 4.69) is 44.7 Å². The molecule has 1 aromatic carbocycles. The fraction of sp³-hybridized carbons (Fsp3) is 0.348. The predicted molar refractivity (Wildman–Crippen MR) is 119 cm³/mol. The number of hydrogen-bond acceptors (Lipinski definition) is 4. The quantitative estimate of drug-likeness (QED) is 0.593. The molecule has 0 bridgehead atoms. The minimum Gasteiger partial charge on any atom is -0.404 e. The fourth-order valence-electron chi connectivity index (χ4n) is 4.56. The molecular weight excluding hydrogens is 362 g/mol. The molecule has 2 heterocycles. The van der Waals surface area contributed by atoms with Gasteiger partial charge in [0.05, 0.1) is 0 Å². The molecule has 1 saturated carbocycles. The van der Waals surface area contributed by atoms with Crippen LogP contribution in [0.2, 0.25) is 0 Å². The number of rotatable bonds is 4. The molecule has 0 radical (unpaired) electrons. The normalized spacial score (nSPS) is 20.6. The zero-order valence-corrected chi connectivity index (χ0v) is 16.9. The van der Waals surface area contributed by atoms with Gasteiger partial charge in [-0.25, -0.2) is 4.98 Å². The summed E-state index contributed by atoms with van der Waals surface area (Å²) in [5.74, 6) is 0.730. The van der Waals surface area contributed by atoms with Gasteiger partial charge in [-0.05, 0) is 54.2 Å². The van der Waals surface area contributed by atoms with Crippen molar-refractivity contribution in [3.63, 3.8) is 0 Å². The Hall–Kier alpha value is -3.15. The van der Waals surface area contributed by atoms with Crippen LogP contribution in [0.4, 0.5) is 0 Å². The molecule has 1 aliphatic carbocycles. The van der Waals surface area contributed by atoms with E-state index in [1.165, 1.54) is 16.3 Å². The van der Waals surface area contributed by atoms with Gasteiger partial charge in [0.15, 0.2) is 0 Å². The number of amides is 1. The zero-order valence-electron chi connectivity index (χ0n) is 16.9. The molecule has 150 valence electrons. The Labute approximate surface area is 170 Å². The van der Waals surface area contributed by atoms with Gasteiger partial charge in [-0.1, -0.05) is 12.1 Å². The molecule has 1 amide bonds. The number of benzene rings is 1. The van der Waals surface area contributed by atoms with Crippen LogP contribution in [0.3, 0.4) is 0 Å². The molecule has 0 spiro atoms. The van der Waals surface area contributed by atoms with E-state index in [1.807, 2.05) is 6.20 Å². The van der Waals surface area contributed by atoms with Crippen LogP contribution >= 0.6 is 0 Å². The maximum absolute atomic E-state index is 12.0. The maximum Gasteiger partial charge on any atom is 0.222 e. The number of fused-ring (bicyclic) bond motifs is 3. The van der Waals surface area contributed by atoms with Crippen molar-refractivity contribution in [3.8, 4) is 0 Å². The van der Waals surface area contributed by atoms with E-state index < -0.39 is 0 Å². The first-order valence-electron chi connectivity index (χ1n) is 10.1. The van der Waals surface area contributed by atoms with Crippen LogP contribution in [0.1, 0.15) is 42.7 Å². The van der Waals surface area contributed by atoms with Crippen molar-refractivity contribution in [2.75, 3.05) is 14.1 Å². The van der Waals surface area contributed by atoms with Crippen LogP contribution in [0, 0.1) is 5.92 Å². The third-order valence-electron chi connectivity index (χ3n) is 6.11. The first kappa shape index (κ1) is 19.2. The van der Waals surface area contributed by atoms with Gasteiger partial charge in [0.1, 0.15) is 5.65 Å². The van der Waals surface area contributed by atoms with E-state index >= 15 is 0 Å². The van der Waals surface area contributed by atoms with Gasteiger partial charge in [0, 0.05) is 61.2 Å². The summed E-state index contributed by atoms with van der Waals surface area (Å²) in [5, 5.41) is 6.24. The molecule has 1 aliphatic rings. The lowest BCUT2D eigenvalue weighted by molar-refractivity contribution is -0.125. The number of nitrogens with two attached hydrogens (primary N) is 1. The van der Waals surface area contributed by atoms with Gasteiger partial charge >= 0.3 is 0 Å². The van der Waals surface area contributed by atoms with Gasteiger partial charge in [-0.15, -0.1) is 0 Å². The number of carbonyl (C=O) groups is 1. The fourth-order valence-corrected chi connectivity index (χ4v) is 4.56. The van der Waals surface area contributed by atoms with Gasteiger partial charge in [0.25, 0.3) is 0 Å². The van der Waals surface area contributed by atoms with Crippen LogP contribution in [-0.4, -0.2) is 36.2 Å². The van der Waals surface area contributed by atoms with Crippen molar-refractivity contribution in [1.29, 1.82) is 0 Å². The van der Waals surface area contributed by atoms with Crippen LogP contribution < -0.4 is 11.1 Å². The summed E-state index contributed by atoms with van der Waals surface area (Å²) in [6, 6.07) is 6.31. The molecule has 2 aromatic heterocycles. The monoisotopic (exact) mass is 389 g/mol. The highest BCUT2D eigenvalue weighted by atomic mass is 16.1. The Morgan fingerprint density at radius 3 is 2.79 bits per heavy atom. The number of hydrogen-bond donors (Lipinski definition) is 3. The summed E-state index contributed by atoms with van der Waals surface area (Å²) in [7, 11) is 3.46. The lowest BCUT2D eigenvalue weighted by Crippen LogP contribution is -2.30. The number of H-pyrrole nitrogens is 1. The Morgan fingerprint density at radius 1 is 1.31 bits per heavy atom. The van der Waals surface area contributed by atoms with E-state index in [0.717, 1.165) is 47.9 Å². The van der Waals surface area contributed by atoms with Crippen molar-refractivity contribution in [1.82, 2.24) is 15.3 Å². The molecule has 1 fully saturated rings. The molecular formula is C23H27N5O. The summed E-state index contributed by atoms with van der Waals surface area (Å²) in [4.78, 5) is 24.1. The number of aromatic nitrogens is 2. The number of pyridine rings is 1. The average Bonchev–Trinajstić information content (AvgIpc) is 3.21. The Morgan fingerprint density at radius 2 is 2.10 bits per heavy atom. The van der Waals surface area contributed by atoms with E-state index in [4.69, 9.17) is 5.73 Å². The molecule has 0 unspecified atom stereocenters. The number of carbonyl (C=O) groups excluding carboxylic acids is 1. The third-order valence-corrected chi connectivity index (χ3v) is 6.11. The second-order valence-corrected chi connectivity index (χ2v) is 7.70. The van der Waals surface area contributed by atoms with E-state index in [1.54, 1.807) is 26.5 Å². The van der Waals surface area contributed by atoms with Gasteiger partial charge in [-0.3, -0.25) is 9.79 Å². The summed E-state index contributed by atoms with van der Waals surface area (Å²) >= 11 is 0. The van der Waals surface area contributed by atoms with E-state index in [9.17, 15) is 4.79 Å². The molecule has 0 saturated heterocycles. The van der Waals surface area contributed by atoms with Crippen molar-refractivity contribution >= 4 is 39.5 Å². The standard InChI is InChI=1S/C23H27N5O/c1-25-11-18(10-24)16-7-8-17-12-27-22-21(19(17)9-16)20(13-28-22)14-3-5-15(6-4-14)23(29)26-2/h7-15H,3-6,24H2,1-2H3,(H,26,29)(H,27,28)/b18-10+,25-11?. The number of aromatic amines is 1. The third kappa shape index (κ3) is 3.50. The molecule has 0 atom stereocenters. The Kier molecular flexibility index (Phi) is 5.34. The number of nitrogens with one attached hydrogen (secondary N) is 2. The second kappa shape index (κ2) is 8.07. The molecule has 4 N–H and O–H groups in total. The molecule has 4 rings (SSSR count). The maximum atomic E-state index is 12.0. The molecule has 29 heavy (non-hydrogen) atoms. The summed E-state index contributed by atoms with van der Waals surface area (Å²) in [6.45, 7) is 0. The van der Waals surface area contributed by atoms with Gasteiger partial charge in [0.2, 0.25) is 5.91 Å². The summed E-state index contributed by atoms with van der Waals surface area (Å²) < 4.78 is 0. The summed E-state index contributed by atoms with van der Waals surface area (Å²) in [6.07, 6.45) is 11.2. The average molecular weight is 390 g/mol. The SMILES string of the molecule is CN=C/C(=C\N)c1ccc2cnc3[nH]cc(C4CCC(C(=O)NC)CC4)c3c2c1. The summed E-state index contributed by atoms with van der Waals surface area (Å²) in [5.41, 5.74) is 9.95. The van der Waals surface area contributed by atoms with Gasteiger partial charge < -0.3 is 16.0 Å². The highest BCUT2D eigenvalue weighted by Gasteiger charge is 2.28. The van der Waals surface area contributed by atoms with Crippen LogP contribution in [0.15, 0.2) is 41.8 Å². The molecule has 6 nitrogen and oxygen atoms in total. The first-order chi connectivity index (χ1) is 14.2. The largest absolute Gasteiger partial charge is 0.404 e. The number of allylic oxidation sites excluding steroid dienone is 1. The lowest BCUT2D eigenvalue weighted by atomic mass is 9.78. The van der Waals surface area contributed by atoms with Gasteiger partial charge in [-0.2, -0.15) is 0 Å². The van der Waals surface area contributed by atoms with Crippen LogP contribution in [-0.2, 0) is 4.79 Å². The van der Waals surface area contributed by atoms with Crippen LogP contribution in [0.25, 0.3) is 27.4 Å². The lowest BCUT2D eigenvalue weighted by Gasteiger charge is -2.27. The topological polar surface area (TPSA) is 96.2 Å². The second-order valence-electron chi connectivity index (χ2n) is 7.70. The minimum absolute atomic E-state index is 0.133. The Bertz CT molecular complexity index is 1100. The molecule has 3 aromatic rings.